The quantitative estimate of drug-likeness (QED) is 0.245. The zero-order valence-electron chi connectivity index (χ0n) is 19.5. The Kier molecular flexibility index (Phi) is 7.40. The average Bonchev–Trinajstić information content (AvgIpc) is 3.17. The summed E-state index contributed by atoms with van der Waals surface area (Å²) in [6, 6.07) is 17.9. The van der Waals surface area contributed by atoms with Gasteiger partial charge in [0.1, 0.15) is 12.3 Å². The molecule has 37 heavy (non-hydrogen) atoms. The summed E-state index contributed by atoms with van der Waals surface area (Å²) in [5.41, 5.74) is 0.849. The number of esters is 1. The number of carbonyl (C=O) groups excluding carboxylic acids is 4. The molecule has 0 saturated carbocycles. The van der Waals surface area contributed by atoms with Crippen molar-refractivity contribution < 1.29 is 28.7 Å². The second-order valence-corrected chi connectivity index (χ2v) is 10.3. The minimum absolute atomic E-state index is 0.139. The molecule has 3 amide bonds. The molecular formula is C27H21BrN2O6S. The summed E-state index contributed by atoms with van der Waals surface area (Å²) in [7, 11) is 0. The smallest absolute Gasteiger partial charge is 0.344 e. The molecule has 0 aliphatic carbocycles. The number of hydrogen-bond acceptors (Lipinski definition) is 7. The van der Waals surface area contributed by atoms with Crippen LogP contribution in [0.4, 0.5) is 4.79 Å². The van der Waals surface area contributed by atoms with Gasteiger partial charge in [0.25, 0.3) is 11.1 Å². The van der Waals surface area contributed by atoms with E-state index in [0.29, 0.717) is 41.9 Å². The number of carbonyl (C=O) groups is 4. The van der Waals surface area contributed by atoms with Crippen LogP contribution in [0.15, 0.2) is 70.0 Å². The highest BCUT2D eigenvalue weighted by Gasteiger charge is 2.37. The van der Waals surface area contributed by atoms with Gasteiger partial charge in [-0.25, -0.2) is 4.79 Å². The molecule has 10 heteroatoms. The third kappa shape index (κ3) is 5.46. The van der Waals surface area contributed by atoms with Crippen molar-refractivity contribution in [3.8, 4) is 5.75 Å². The third-order valence-corrected chi connectivity index (χ3v) is 7.40. The molecule has 0 atom stereocenters. The molecule has 0 radical (unpaired) electrons. The molecule has 2 fully saturated rings. The van der Waals surface area contributed by atoms with Crippen LogP contribution in [0, 0.1) is 0 Å². The summed E-state index contributed by atoms with van der Waals surface area (Å²) in [5, 5.41) is 1.15. The normalized spacial score (nSPS) is 17.1. The number of nitrogens with zero attached hydrogens (tertiary/aromatic N) is 2. The number of ether oxygens (including phenoxy) is 2. The molecule has 0 N–H and O–H groups in total. The number of benzene rings is 3. The molecule has 8 nitrogen and oxygen atoms in total. The summed E-state index contributed by atoms with van der Waals surface area (Å²) in [6.45, 7) is 1.37. The van der Waals surface area contributed by atoms with Crippen molar-refractivity contribution in [2.45, 2.75) is 0 Å². The van der Waals surface area contributed by atoms with E-state index in [0.717, 1.165) is 27.4 Å². The maximum absolute atomic E-state index is 13.1. The van der Waals surface area contributed by atoms with E-state index in [2.05, 4.69) is 15.9 Å². The van der Waals surface area contributed by atoms with Gasteiger partial charge in [0.05, 0.1) is 23.7 Å². The van der Waals surface area contributed by atoms with Gasteiger partial charge < -0.3 is 14.4 Å². The predicted octanol–water partition coefficient (Wildman–Crippen LogP) is 4.72. The Bertz CT molecular complexity index is 1440. The van der Waals surface area contributed by atoms with Crippen LogP contribution in [0.1, 0.15) is 15.9 Å². The summed E-state index contributed by atoms with van der Waals surface area (Å²) < 4.78 is 11.7. The zero-order chi connectivity index (χ0) is 25.9. The SMILES string of the molecule is O=C(Oc1ccc(Br)cc1/C=C1\SC(=O)N(CC(=O)N2CCOCC2)C1=O)c1cccc2ccccc12. The number of morpholine rings is 1. The summed E-state index contributed by atoms with van der Waals surface area (Å²) >= 11 is 4.15. The Hall–Kier alpha value is -3.47. The van der Waals surface area contributed by atoms with Gasteiger partial charge in [-0.15, -0.1) is 0 Å². The number of imide groups is 1. The lowest BCUT2D eigenvalue weighted by atomic mass is 10.0. The zero-order valence-corrected chi connectivity index (χ0v) is 21.9. The first-order valence-electron chi connectivity index (χ1n) is 11.5. The van der Waals surface area contributed by atoms with E-state index in [1.54, 1.807) is 35.2 Å². The fraction of sp³-hybridized carbons (Fsp3) is 0.185. The second-order valence-electron chi connectivity index (χ2n) is 8.36. The second kappa shape index (κ2) is 10.9. The molecule has 5 rings (SSSR count). The molecule has 188 valence electrons. The maximum Gasteiger partial charge on any atom is 0.344 e. The van der Waals surface area contributed by atoms with Crippen LogP contribution < -0.4 is 4.74 Å². The molecule has 3 aromatic rings. The number of rotatable bonds is 5. The van der Waals surface area contributed by atoms with Crippen LogP contribution in [0.2, 0.25) is 0 Å². The van der Waals surface area contributed by atoms with Crippen molar-refractivity contribution >= 4 is 67.6 Å². The van der Waals surface area contributed by atoms with E-state index in [9.17, 15) is 19.2 Å². The Morgan fingerprint density at radius 3 is 2.59 bits per heavy atom. The van der Waals surface area contributed by atoms with Gasteiger partial charge in [-0.3, -0.25) is 19.3 Å². The van der Waals surface area contributed by atoms with Crippen molar-refractivity contribution in [2.75, 3.05) is 32.8 Å². The first-order chi connectivity index (χ1) is 17.9. The van der Waals surface area contributed by atoms with E-state index in [-0.39, 0.29) is 23.1 Å². The van der Waals surface area contributed by atoms with E-state index >= 15 is 0 Å². The van der Waals surface area contributed by atoms with Crippen molar-refractivity contribution in [1.29, 1.82) is 0 Å². The minimum Gasteiger partial charge on any atom is -0.422 e. The molecule has 0 unspecified atom stereocenters. The standard InChI is InChI=1S/C27H21BrN2O6S/c28-19-8-9-22(36-26(33)21-7-3-5-17-4-1-2-6-20(17)21)18(14-19)15-23-25(32)30(27(34)37-23)16-24(31)29-10-12-35-13-11-29/h1-9,14-15H,10-13,16H2/b23-15-. The van der Waals surface area contributed by atoms with E-state index in [4.69, 9.17) is 9.47 Å². The van der Waals surface area contributed by atoms with Crippen LogP contribution in [0.25, 0.3) is 16.8 Å². The van der Waals surface area contributed by atoms with Gasteiger partial charge >= 0.3 is 5.97 Å². The molecule has 2 aliphatic rings. The van der Waals surface area contributed by atoms with Crippen LogP contribution in [-0.2, 0) is 14.3 Å². The van der Waals surface area contributed by atoms with Gasteiger partial charge in [0.2, 0.25) is 5.91 Å². The van der Waals surface area contributed by atoms with Crippen LogP contribution in [-0.4, -0.2) is 65.7 Å². The summed E-state index contributed by atoms with van der Waals surface area (Å²) in [6.07, 6.45) is 1.50. The number of fused-ring (bicyclic) bond motifs is 1. The minimum atomic E-state index is -0.567. The van der Waals surface area contributed by atoms with E-state index < -0.39 is 17.1 Å². The monoisotopic (exact) mass is 580 g/mol. The molecule has 0 aromatic heterocycles. The van der Waals surface area contributed by atoms with Gasteiger partial charge in [-0.05, 0) is 52.9 Å². The molecule has 0 bridgehead atoms. The highest BCUT2D eigenvalue weighted by Crippen LogP contribution is 2.35. The Morgan fingerprint density at radius 1 is 1.03 bits per heavy atom. The first kappa shape index (κ1) is 25.2. The number of halogens is 1. The van der Waals surface area contributed by atoms with Gasteiger partial charge in [-0.2, -0.15) is 0 Å². The van der Waals surface area contributed by atoms with Crippen molar-refractivity contribution in [3.63, 3.8) is 0 Å². The van der Waals surface area contributed by atoms with E-state index in [1.165, 1.54) is 6.08 Å². The lowest BCUT2D eigenvalue weighted by Gasteiger charge is -2.28. The van der Waals surface area contributed by atoms with Crippen LogP contribution in [0.5, 0.6) is 5.75 Å². The Balaban J connectivity index is 1.38. The highest BCUT2D eigenvalue weighted by atomic mass is 79.9. The average molecular weight is 581 g/mol. The summed E-state index contributed by atoms with van der Waals surface area (Å²) in [4.78, 5) is 54.0. The van der Waals surface area contributed by atoms with Gasteiger partial charge in [0.15, 0.2) is 0 Å². The van der Waals surface area contributed by atoms with Crippen LogP contribution in [0.3, 0.4) is 0 Å². The number of hydrogen-bond donors (Lipinski definition) is 0. The van der Waals surface area contributed by atoms with Gasteiger partial charge in [-0.1, -0.05) is 52.3 Å². The Labute approximate surface area is 225 Å². The first-order valence-corrected chi connectivity index (χ1v) is 13.1. The lowest BCUT2D eigenvalue weighted by molar-refractivity contribution is -0.139. The van der Waals surface area contributed by atoms with E-state index in [1.807, 2.05) is 30.3 Å². The van der Waals surface area contributed by atoms with Crippen LogP contribution >= 0.6 is 27.7 Å². The largest absolute Gasteiger partial charge is 0.422 e. The molecular weight excluding hydrogens is 560 g/mol. The third-order valence-electron chi connectivity index (χ3n) is 6.00. The predicted molar refractivity (Wildman–Crippen MR) is 143 cm³/mol. The lowest BCUT2D eigenvalue weighted by Crippen LogP contribution is -2.46. The highest BCUT2D eigenvalue weighted by molar-refractivity contribution is 9.10. The number of amides is 3. The molecule has 2 saturated heterocycles. The molecule has 0 spiro atoms. The molecule has 2 heterocycles. The van der Waals surface area contributed by atoms with Crippen molar-refractivity contribution in [2.24, 2.45) is 0 Å². The topological polar surface area (TPSA) is 93.2 Å². The van der Waals surface area contributed by atoms with Crippen molar-refractivity contribution in [3.05, 3.63) is 81.2 Å². The molecule has 2 aliphatic heterocycles. The number of thioether (sulfide) groups is 1. The summed E-state index contributed by atoms with van der Waals surface area (Å²) in [5.74, 6) is -1.18. The Morgan fingerprint density at radius 2 is 1.78 bits per heavy atom. The fourth-order valence-electron chi connectivity index (χ4n) is 4.11. The molecule has 3 aromatic carbocycles. The fourth-order valence-corrected chi connectivity index (χ4v) is 5.32. The van der Waals surface area contributed by atoms with Crippen molar-refractivity contribution in [1.82, 2.24) is 9.80 Å². The van der Waals surface area contributed by atoms with Gasteiger partial charge in [0, 0.05) is 23.1 Å². The maximum atomic E-state index is 13.1.